The summed E-state index contributed by atoms with van der Waals surface area (Å²) in [5, 5.41) is 3.37. The molecule has 2 rings (SSSR count). The second kappa shape index (κ2) is 5.93. The van der Waals surface area contributed by atoms with Crippen molar-refractivity contribution in [1.29, 1.82) is 0 Å². The van der Waals surface area contributed by atoms with Gasteiger partial charge in [0, 0.05) is 12.0 Å². The zero-order valence-corrected chi connectivity index (χ0v) is 12.0. The zero-order chi connectivity index (χ0) is 13.8. The minimum Gasteiger partial charge on any atom is -0.497 e. The summed E-state index contributed by atoms with van der Waals surface area (Å²) < 4.78 is 10.8. The van der Waals surface area contributed by atoms with Crippen LogP contribution in [0.2, 0.25) is 0 Å². The van der Waals surface area contributed by atoms with E-state index in [9.17, 15) is 0 Å². The lowest BCUT2D eigenvalue weighted by Gasteiger charge is -2.19. The maximum Gasteiger partial charge on any atom is 0.119 e. The minimum absolute atomic E-state index is 0.152. The third kappa shape index (κ3) is 2.66. The Kier molecular flexibility index (Phi) is 4.27. The summed E-state index contributed by atoms with van der Waals surface area (Å²) in [6, 6.07) is 8.37. The molecule has 0 radical (unpaired) electrons. The number of aryl methyl sites for hydroxylation is 2. The second-order valence-electron chi connectivity index (χ2n) is 4.60. The molecule has 0 aliphatic carbocycles. The van der Waals surface area contributed by atoms with Gasteiger partial charge in [-0.15, -0.1) is 0 Å². The lowest BCUT2D eigenvalue weighted by molar-refractivity contribution is 0.414. The molecule has 1 heterocycles. The number of benzene rings is 1. The normalized spacial score (nSPS) is 12.4. The van der Waals surface area contributed by atoms with Gasteiger partial charge in [-0.1, -0.05) is 13.0 Å². The molecule has 1 aromatic heterocycles. The average Bonchev–Trinajstić information content (AvgIpc) is 2.89. The van der Waals surface area contributed by atoms with Crippen LogP contribution in [0.3, 0.4) is 0 Å². The number of hydrogen-bond acceptors (Lipinski definition) is 3. The Labute approximate surface area is 114 Å². The maximum atomic E-state index is 5.54. The summed E-state index contributed by atoms with van der Waals surface area (Å²) in [5.41, 5.74) is 3.67. The van der Waals surface area contributed by atoms with Crippen LogP contribution in [0.5, 0.6) is 5.75 Å². The Hall–Kier alpha value is -1.74. The van der Waals surface area contributed by atoms with Crippen LogP contribution in [-0.2, 0) is 6.42 Å². The number of methoxy groups -OCH3 is 1. The predicted octanol–water partition coefficient (Wildman–Crippen LogP) is 3.47. The van der Waals surface area contributed by atoms with Crippen LogP contribution >= 0.6 is 0 Å². The van der Waals surface area contributed by atoms with Crippen molar-refractivity contribution in [3.05, 3.63) is 53.0 Å². The number of nitrogens with one attached hydrogen (secondary N) is 1. The fraction of sp³-hybridized carbons (Fsp3) is 0.375. The van der Waals surface area contributed by atoms with E-state index in [1.807, 2.05) is 19.2 Å². The molecule has 0 aliphatic rings. The summed E-state index contributed by atoms with van der Waals surface area (Å²) in [4.78, 5) is 0. The van der Waals surface area contributed by atoms with Crippen molar-refractivity contribution in [3.8, 4) is 5.75 Å². The van der Waals surface area contributed by atoms with Gasteiger partial charge in [-0.3, -0.25) is 0 Å². The molecule has 0 fully saturated rings. The monoisotopic (exact) mass is 259 g/mol. The van der Waals surface area contributed by atoms with Crippen molar-refractivity contribution in [2.75, 3.05) is 14.2 Å². The van der Waals surface area contributed by atoms with E-state index in [2.05, 4.69) is 31.3 Å². The van der Waals surface area contributed by atoms with Gasteiger partial charge < -0.3 is 14.5 Å². The highest BCUT2D eigenvalue weighted by Gasteiger charge is 2.19. The van der Waals surface area contributed by atoms with E-state index < -0.39 is 0 Å². The summed E-state index contributed by atoms with van der Waals surface area (Å²) in [7, 11) is 3.66. The molecular formula is C16H21NO2. The second-order valence-corrected chi connectivity index (χ2v) is 4.60. The van der Waals surface area contributed by atoms with Crippen LogP contribution in [-0.4, -0.2) is 14.2 Å². The van der Waals surface area contributed by atoms with Crippen molar-refractivity contribution in [2.45, 2.75) is 26.3 Å². The summed E-state index contributed by atoms with van der Waals surface area (Å²) in [5.74, 6) is 1.92. The Morgan fingerprint density at radius 1 is 1.26 bits per heavy atom. The number of ether oxygens (including phenoxy) is 1. The molecule has 1 unspecified atom stereocenters. The Morgan fingerprint density at radius 3 is 2.63 bits per heavy atom. The molecule has 1 atom stereocenters. The minimum atomic E-state index is 0.152. The number of rotatable bonds is 5. The summed E-state index contributed by atoms with van der Waals surface area (Å²) in [6.07, 6.45) is 2.66. The fourth-order valence-electron chi connectivity index (χ4n) is 2.47. The Bertz CT molecular complexity index is 545. The van der Waals surface area contributed by atoms with Gasteiger partial charge in [0.1, 0.15) is 11.5 Å². The molecule has 0 spiro atoms. The van der Waals surface area contributed by atoms with Crippen molar-refractivity contribution in [1.82, 2.24) is 5.32 Å². The summed E-state index contributed by atoms with van der Waals surface area (Å²) in [6.45, 7) is 4.21. The molecule has 1 aromatic carbocycles. The van der Waals surface area contributed by atoms with Crippen LogP contribution in [0.25, 0.3) is 0 Å². The molecule has 0 aliphatic heterocycles. The quantitative estimate of drug-likeness (QED) is 0.892. The van der Waals surface area contributed by atoms with Crippen LogP contribution < -0.4 is 10.1 Å². The van der Waals surface area contributed by atoms with Gasteiger partial charge in [0.25, 0.3) is 0 Å². The first kappa shape index (κ1) is 13.7. The van der Waals surface area contributed by atoms with E-state index in [0.717, 1.165) is 17.9 Å². The first-order chi connectivity index (χ1) is 9.21. The standard InChI is InChI=1S/C16H21NO2/c1-5-15-14(8-9-19-15)16(17-3)13-7-6-12(18-4)10-11(13)2/h6-10,16-17H,5H2,1-4H3. The lowest BCUT2D eigenvalue weighted by Crippen LogP contribution is -2.19. The molecule has 0 bridgehead atoms. The van der Waals surface area contributed by atoms with E-state index in [1.165, 1.54) is 16.7 Å². The van der Waals surface area contributed by atoms with Crippen LogP contribution in [0.15, 0.2) is 34.9 Å². The van der Waals surface area contributed by atoms with Gasteiger partial charge >= 0.3 is 0 Å². The molecule has 0 saturated carbocycles. The van der Waals surface area contributed by atoms with Gasteiger partial charge in [-0.25, -0.2) is 0 Å². The molecule has 19 heavy (non-hydrogen) atoms. The van der Waals surface area contributed by atoms with Crippen LogP contribution in [0.1, 0.15) is 35.4 Å². The maximum absolute atomic E-state index is 5.54. The molecule has 0 saturated heterocycles. The third-order valence-electron chi connectivity index (χ3n) is 3.49. The van der Waals surface area contributed by atoms with Crippen molar-refractivity contribution in [2.24, 2.45) is 0 Å². The van der Waals surface area contributed by atoms with Gasteiger partial charge in [0.05, 0.1) is 19.4 Å². The lowest BCUT2D eigenvalue weighted by atomic mass is 9.94. The fourth-order valence-corrected chi connectivity index (χ4v) is 2.47. The van der Waals surface area contributed by atoms with Crippen molar-refractivity contribution in [3.63, 3.8) is 0 Å². The van der Waals surface area contributed by atoms with Crippen molar-refractivity contribution >= 4 is 0 Å². The third-order valence-corrected chi connectivity index (χ3v) is 3.49. The first-order valence-corrected chi connectivity index (χ1v) is 6.59. The largest absolute Gasteiger partial charge is 0.497 e. The SMILES string of the molecule is CCc1occc1C(NC)c1ccc(OC)cc1C. The van der Waals surface area contributed by atoms with Gasteiger partial charge in [0.2, 0.25) is 0 Å². The van der Waals surface area contributed by atoms with Crippen LogP contribution in [0, 0.1) is 6.92 Å². The highest BCUT2D eigenvalue weighted by molar-refractivity contribution is 5.41. The molecule has 102 valence electrons. The molecule has 2 aromatic rings. The molecule has 3 heteroatoms. The summed E-state index contributed by atoms with van der Waals surface area (Å²) >= 11 is 0. The molecule has 3 nitrogen and oxygen atoms in total. The van der Waals surface area contributed by atoms with Gasteiger partial charge in [-0.05, 0) is 43.3 Å². The van der Waals surface area contributed by atoms with E-state index in [1.54, 1.807) is 13.4 Å². The van der Waals surface area contributed by atoms with E-state index >= 15 is 0 Å². The van der Waals surface area contributed by atoms with E-state index in [4.69, 9.17) is 9.15 Å². The van der Waals surface area contributed by atoms with Crippen LogP contribution in [0.4, 0.5) is 0 Å². The average molecular weight is 259 g/mol. The number of hydrogen-bond donors (Lipinski definition) is 1. The highest BCUT2D eigenvalue weighted by Crippen LogP contribution is 2.30. The number of furan rings is 1. The molecule has 1 N–H and O–H groups in total. The smallest absolute Gasteiger partial charge is 0.119 e. The van der Waals surface area contributed by atoms with Crippen molar-refractivity contribution < 1.29 is 9.15 Å². The van der Waals surface area contributed by atoms with Gasteiger partial charge in [-0.2, -0.15) is 0 Å². The zero-order valence-electron chi connectivity index (χ0n) is 12.0. The van der Waals surface area contributed by atoms with E-state index in [-0.39, 0.29) is 6.04 Å². The molecular weight excluding hydrogens is 238 g/mol. The first-order valence-electron chi connectivity index (χ1n) is 6.59. The predicted molar refractivity (Wildman–Crippen MR) is 76.7 cm³/mol. The highest BCUT2D eigenvalue weighted by atomic mass is 16.5. The Morgan fingerprint density at radius 2 is 2.05 bits per heavy atom. The van der Waals surface area contributed by atoms with Gasteiger partial charge in [0.15, 0.2) is 0 Å². The topological polar surface area (TPSA) is 34.4 Å². The molecule has 0 amide bonds. The van der Waals surface area contributed by atoms with E-state index in [0.29, 0.717) is 0 Å². The Balaban J connectivity index is 2.42.